The first-order valence-corrected chi connectivity index (χ1v) is 13.0. The van der Waals surface area contributed by atoms with Crippen LogP contribution in [0.5, 0.6) is 0 Å². The number of carbonyl (C=O) groups is 1. The van der Waals surface area contributed by atoms with E-state index in [0.717, 1.165) is 37.3 Å². The lowest BCUT2D eigenvalue weighted by Gasteiger charge is -2.25. The van der Waals surface area contributed by atoms with Gasteiger partial charge in [0.2, 0.25) is 0 Å². The van der Waals surface area contributed by atoms with Gasteiger partial charge in [0.15, 0.2) is 0 Å². The molecule has 2 aromatic carbocycles. The minimum Gasteiger partial charge on any atom is -0.390 e. The second-order valence-electron chi connectivity index (χ2n) is 9.30. The SMILES string of the molecule is CCCCC#Cc1cncc(C(=O)NC(Cc2cc(F)cc(F)c2)C(O)CNCc2cccc(CC)c2)c1. The molecule has 38 heavy (non-hydrogen) atoms. The number of hydrogen-bond donors (Lipinski definition) is 3. The summed E-state index contributed by atoms with van der Waals surface area (Å²) in [7, 11) is 0. The first-order valence-electron chi connectivity index (χ1n) is 13.0. The van der Waals surface area contributed by atoms with Crippen molar-refractivity contribution >= 4 is 5.91 Å². The Kier molecular flexibility index (Phi) is 11.4. The number of amides is 1. The molecule has 0 aliphatic rings. The highest BCUT2D eigenvalue weighted by molar-refractivity contribution is 5.94. The molecule has 2 unspecified atom stereocenters. The number of benzene rings is 2. The normalized spacial score (nSPS) is 12.3. The first-order chi connectivity index (χ1) is 18.4. The zero-order valence-corrected chi connectivity index (χ0v) is 21.9. The van der Waals surface area contributed by atoms with Gasteiger partial charge in [0, 0.05) is 43.5 Å². The molecular weight excluding hydrogens is 484 g/mol. The molecule has 0 aliphatic heterocycles. The van der Waals surface area contributed by atoms with E-state index in [1.807, 2.05) is 12.1 Å². The molecule has 3 N–H and O–H groups in total. The number of nitrogens with zero attached hydrogens (tertiary/aromatic N) is 1. The van der Waals surface area contributed by atoms with Crippen LogP contribution in [-0.4, -0.2) is 34.7 Å². The summed E-state index contributed by atoms with van der Waals surface area (Å²) in [6, 6.07) is 12.2. The van der Waals surface area contributed by atoms with Gasteiger partial charge in [-0.2, -0.15) is 0 Å². The van der Waals surface area contributed by atoms with Crippen LogP contribution >= 0.6 is 0 Å². The summed E-state index contributed by atoms with van der Waals surface area (Å²) in [4.78, 5) is 17.2. The number of rotatable bonds is 12. The number of aromatic nitrogens is 1. The molecule has 0 bridgehead atoms. The molecule has 0 fully saturated rings. The molecule has 0 saturated carbocycles. The summed E-state index contributed by atoms with van der Waals surface area (Å²) in [6.07, 6.45) is 5.78. The van der Waals surface area contributed by atoms with Crippen molar-refractivity contribution in [2.24, 2.45) is 0 Å². The van der Waals surface area contributed by atoms with E-state index in [0.29, 0.717) is 23.2 Å². The summed E-state index contributed by atoms with van der Waals surface area (Å²) < 4.78 is 27.7. The molecule has 0 aliphatic carbocycles. The van der Waals surface area contributed by atoms with Crippen LogP contribution in [0.1, 0.15) is 65.7 Å². The number of carbonyl (C=O) groups excluding carboxylic acids is 1. The van der Waals surface area contributed by atoms with E-state index in [2.05, 4.69) is 53.4 Å². The molecule has 2 atom stereocenters. The van der Waals surface area contributed by atoms with Gasteiger partial charge < -0.3 is 15.7 Å². The van der Waals surface area contributed by atoms with Crippen molar-refractivity contribution in [3.05, 3.63) is 100 Å². The molecule has 3 rings (SSSR count). The Bertz CT molecular complexity index is 1250. The van der Waals surface area contributed by atoms with Crippen LogP contribution in [0.15, 0.2) is 60.9 Å². The second kappa shape index (κ2) is 15.0. The maximum Gasteiger partial charge on any atom is 0.253 e. The Morgan fingerprint density at radius 2 is 1.79 bits per heavy atom. The van der Waals surface area contributed by atoms with Crippen LogP contribution in [0.4, 0.5) is 8.78 Å². The number of aliphatic hydroxyl groups excluding tert-OH is 1. The summed E-state index contributed by atoms with van der Waals surface area (Å²) >= 11 is 0. The molecule has 5 nitrogen and oxygen atoms in total. The number of nitrogens with one attached hydrogen (secondary N) is 2. The zero-order valence-electron chi connectivity index (χ0n) is 21.9. The van der Waals surface area contributed by atoms with Crippen molar-refractivity contribution in [3.63, 3.8) is 0 Å². The molecule has 1 aromatic heterocycles. The highest BCUT2D eigenvalue weighted by Gasteiger charge is 2.23. The van der Waals surface area contributed by atoms with Crippen LogP contribution in [-0.2, 0) is 19.4 Å². The summed E-state index contributed by atoms with van der Waals surface area (Å²) in [5.41, 5.74) is 3.53. The lowest BCUT2D eigenvalue weighted by molar-refractivity contribution is 0.0829. The topological polar surface area (TPSA) is 74.2 Å². The third kappa shape index (κ3) is 9.37. The predicted molar refractivity (Wildman–Crippen MR) is 145 cm³/mol. The van der Waals surface area contributed by atoms with Gasteiger partial charge in [0.25, 0.3) is 5.91 Å². The lowest BCUT2D eigenvalue weighted by atomic mass is 10.00. The van der Waals surface area contributed by atoms with E-state index >= 15 is 0 Å². The predicted octanol–water partition coefficient (Wildman–Crippen LogP) is 4.96. The third-order valence-electron chi connectivity index (χ3n) is 6.13. The Balaban J connectivity index is 1.72. The quantitative estimate of drug-likeness (QED) is 0.234. The van der Waals surface area contributed by atoms with Gasteiger partial charge in [0.1, 0.15) is 11.6 Å². The monoisotopic (exact) mass is 519 g/mol. The lowest BCUT2D eigenvalue weighted by Crippen LogP contribution is -2.48. The number of halogens is 2. The molecule has 1 heterocycles. The van der Waals surface area contributed by atoms with Crippen LogP contribution < -0.4 is 10.6 Å². The maximum absolute atomic E-state index is 13.8. The maximum atomic E-state index is 13.8. The van der Waals surface area contributed by atoms with Crippen molar-refractivity contribution in [3.8, 4) is 11.8 Å². The minimum absolute atomic E-state index is 0.0402. The van der Waals surface area contributed by atoms with E-state index in [9.17, 15) is 18.7 Å². The van der Waals surface area contributed by atoms with Crippen molar-refractivity contribution < 1.29 is 18.7 Å². The largest absolute Gasteiger partial charge is 0.390 e. The zero-order chi connectivity index (χ0) is 27.3. The Morgan fingerprint density at radius 1 is 1.03 bits per heavy atom. The smallest absolute Gasteiger partial charge is 0.253 e. The van der Waals surface area contributed by atoms with Crippen molar-refractivity contribution in [2.45, 2.75) is 64.6 Å². The van der Waals surface area contributed by atoms with Crippen molar-refractivity contribution in [2.75, 3.05) is 6.54 Å². The molecule has 0 radical (unpaired) electrons. The van der Waals surface area contributed by atoms with Gasteiger partial charge in [-0.05, 0) is 54.2 Å². The van der Waals surface area contributed by atoms with Gasteiger partial charge in [-0.15, -0.1) is 0 Å². The van der Waals surface area contributed by atoms with Gasteiger partial charge in [-0.25, -0.2) is 8.78 Å². The van der Waals surface area contributed by atoms with E-state index in [1.54, 1.807) is 12.3 Å². The second-order valence-corrected chi connectivity index (χ2v) is 9.30. The minimum atomic E-state index is -1.02. The van der Waals surface area contributed by atoms with E-state index in [1.165, 1.54) is 23.9 Å². The summed E-state index contributed by atoms with van der Waals surface area (Å²) in [5, 5.41) is 17.0. The Hall–Kier alpha value is -3.60. The van der Waals surface area contributed by atoms with E-state index in [4.69, 9.17) is 0 Å². The highest BCUT2D eigenvalue weighted by Crippen LogP contribution is 2.13. The molecule has 7 heteroatoms. The molecule has 1 amide bonds. The van der Waals surface area contributed by atoms with Crippen molar-refractivity contribution in [1.29, 1.82) is 0 Å². The molecule has 200 valence electrons. The average molecular weight is 520 g/mol. The number of pyridine rings is 1. The Labute approximate surface area is 223 Å². The highest BCUT2D eigenvalue weighted by atomic mass is 19.1. The van der Waals surface area contributed by atoms with Crippen LogP contribution in [0.2, 0.25) is 0 Å². The van der Waals surface area contributed by atoms with Crippen LogP contribution in [0, 0.1) is 23.5 Å². The fourth-order valence-corrected chi connectivity index (χ4v) is 4.05. The average Bonchev–Trinajstić information content (AvgIpc) is 2.90. The van der Waals surface area contributed by atoms with Gasteiger partial charge in [-0.3, -0.25) is 9.78 Å². The fourth-order valence-electron chi connectivity index (χ4n) is 4.05. The van der Waals surface area contributed by atoms with Crippen molar-refractivity contribution in [1.82, 2.24) is 15.6 Å². The van der Waals surface area contributed by atoms with Gasteiger partial charge >= 0.3 is 0 Å². The standard InChI is InChI=1S/C31H35F2N3O2/c1-3-5-6-7-9-24-13-26(20-34-19-24)31(38)36-29(16-25-14-27(32)17-28(33)15-25)30(37)21-35-18-23-11-8-10-22(4-2)12-23/h8,10-15,17,19-20,29-30,35,37H,3-6,16,18,21H2,1-2H3,(H,36,38). The van der Waals surface area contributed by atoms with E-state index in [-0.39, 0.29) is 13.0 Å². The summed E-state index contributed by atoms with van der Waals surface area (Å²) in [6.45, 7) is 4.88. The third-order valence-corrected chi connectivity index (χ3v) is 6.13. The molecule has 0 saturated heterocycles. The van der Waals surface area contributed by atoms with Gasteiger partial charge in [-0.1, -0.05) is 56.4 Å². The molecule has 0 spiro atoms. The Morgan fingerprint density at radius 3 is 2.53 bits per heavy atom. The van der Waals surface area contributed by atoms with Gasteiger partial charge in [0.05, 0.1) is 17.7 Å². The number of unbranched alkanes of at least 4 members (excludes halogenated alkanes) is 2. The number of aryl methyl sites for hydroxylation is 1. The fraction of sp³-hybridized carbons (Fsp3) is 0.355. The first kappa shape index (κ1) is 29.0. The molecular formula is C31H35F2N3O2. The molecule has 3 aromatic rings. The van der Waals surface area contributed by atoms with Crippen LogP contribution in [0.25, 0.3) is 0 Å². The van der Waals surface area contributed by atoms with E-state index < -0.39 is 29.7 Å². The number of hydrogen-bond acceptors (Lipinski definition) is 4. The summed E-state index contributed by atoms with van der Waals surface area (Å²) in [5.74, 6) is 4.21. The number of aliphatic hydroxyl groups is 1. The van der Waals surface area contributed by atoms with Crippen LogP contribution in [0.3, 0.4) is 0 Å².